The van der Waals surface area contributed by atoms with Crippen molar-refractivity contribution in [3.05, 3.63) is 35.4 Å². The van der Waals surface area contributed by atoms with Gasteiger partial charge in [0, 0.05) is 14.1 Å². The van der Waals surface area contributed by atoms with E-state index in [0.29, 0.717) is 6.42 Å². The molecule has 0 spiro atoms. The molecule has 5 heteroatoms. The number of hydrogen-bond donors (Lipinski definition) is 1. The van der Waals surface area contributed by atoms with Gasteiger partial charge in [0.15, 0.2) is 0 Å². The van der Waals surface area contributed by atoms with E-state index in [1.54, 1.807) is 7.05 Å². The Bertz CT molecular complexity index is 586. The molecular weight excluding hydrogens is 256 g/mol. The first-order valence-corrected chi connectivity index (χ1v) is 6.79. The molecule has 1 aromatic carbocycles. The van der Waals surface area contributed by atoms with Gasteiger partial charge >= 0.3 is 6.03 Å². The van der Waals surface area contributed by atoms with E-state index in [4.69, 9.17) is 0 Å². The number of rotatable bonds is 1. The maximum atomic E-state index is 12.1. The number of likely N-dealkylation sites (N-methyl/N-ethyl adjacent to an activating group) is 1. The van der Waals surface area contributed by atoms with Gasteiger partial charge in [0.25, 0.3) is 0 Å². The van der Waals surface area contributed by atoms with Crippen LogP contribution in [0.3, 0.4) is 0 Å². The summed E-state index contributed by atoms with van der Waals surface area (Å²) < 4.78 is 0. The van der Waals surface area contributed by atoms with Crippen molar-refractivity contribution < 1.29 is 14.7 Å². The molecule has 1 fully saturated rings. The van der Waals surface area contributed by atoms with Crippen LogP contribution in [0.1, 0.15) is 24.0 Å². The van der Waals surface area contributed by atoms with E-state index >= 15 is 0 Å². The molecule has 1 heterocycles. The first-order chi connectivity index (χ1) is 9.45. The number of carbonyl (C=O) groups is 2. The summed E-state index contributed by atoms with van der Waals surface area (Å²) in [6.07, 6.45) is 1.48. The van der Waals surface area contributed by atoms with Crippen LogP contribution in [0.2, 0.25) is 0 Å². The zero-order valence-corrected chi connectivity index (χ0v) is 11.7. The summed E-state index contributed by atoms with van der Waals surface area (Å²) in [5, 5.41) is 11.1. The van der Waals surface area contributed by atoms with Gasteiger partial charge < -0.3 is 10.0 Å². The minimum atomic E-state index is -1.13. The number of aliphatic hydroxyl groups is 1. The number of aryl methyl sites for hydroxylation is 1. The Morgan fingerprint density at radius 2 is 1.95 bits per heavy atom. The number of urea groups is 1. The second kappa shape index (κ2) is 4.31. The van der Waals surface area contributed by atoms with E-state index in [0.717, 1.165) is 22.4 Å². The highest BCUT2D eigenvalue weighted by Crippen LogP contribution is 2.43. The summed E-state index contributed by atoms with van der Waals surface area (Å²) in [6, 6.07) is 6.86. The van der Waals surface area contributed by atoms with Crippen LogP contribution in [0.4, 0.5) is 4.79 Å². The number of benzene rings is 1. The molecular formula is C15H18N2O3. The van der Waals surface area contributed by atoms with Gasteiger partial charge in [0.05, 0.1) is 12.5 Å². The van der Waals surface area contributed by atoms with Crippen molar-refractivity contribution in [2.75, 3.05) is 14.1 Å². The SMILES string of the molecule is CN1C(=O)C[C@@H]([C@@]2(O)CCc3ccccc32)N(C)C1=O. The van der Waals surface area contributed by atoms with E-state index in [1.165, 1.54) is 11.9 Å². The zero-order valence-electron chi connectivity index (χ0n) is 11.7. The van der Waals surface area contributed by atoms with Gasteiger partial charge in [-0.15, -0.1) is 0 Å². The van der Waals surface area contributed by atoms with Gasteiger partial charge in [-0.2, -0.15) is 0 Å². The fourth-order valence-corrected chi connectivity index (χ4v) is 3.37. The average molecular weight is 274 g/mol. The summed E-state index contributed by atoms with van der Waals surface area (Å²) in [6.45, 7) is 0. The molecule has 1 saturated heterocycles. The van der Waals surface area contributed by atoms with E-state index < -0.39 is 11.6 Å². The molecule has 0 unspecified atom stereocenters. The lowest BCUT2D eigenvalue weighted by Crippen LogP contribution is -2.60. The molecule has 0 radical (unpaired) electrons. The van der Waals surface area contributed by atoms with Crippen LogP contribution in [0.25, 0.3) is 0 Å². The standard InChI is InChI=1S/C15H18N2O3/c1-16-12(9-13(18)17(2)14(16)19)15(20)8-7-10-5-3-4-6-11(10)15/h3-6,12,20H,7-9H2,1-2H3/t12-,15+/m0/s1. The predicted octanol–water partition coefficient (Wildman–Crippen LogP) is 1.10. The number of nitrogens with zero attached hydrogens (tertiary/aromatic N) is 2. The number of hydrogen-bond acceptors (Lipinski definition) is 3. The van der Waals surface area contributed by atoms with Crippen molar-refractivity contribution >= 4 is 11.9 Å². The van der Waals surface area contributed by atoms with Crippen LogP contribution >= 0.6 is 0 Å². The lowest BCUT2D eigenvalue weighted by molar-refractivity contribution is -0.137. The Labute approximate surface area is 117 Å². The lowest BCUT2D eigenvalue weighted by Gasteiger charge is -2.44. The van der Waals surface area contributed by atoms with Crippen LogP contribution in [-0.4, -0.2) is 47.0 Å². The number of fused-ring (bicyclic) bond motifs is 1. The number of amides is 3. The third kappa shape index (κ3) is 1.66. The summed E-state index contributed by atoms with van der Waals surface area (Å²) in [5.74, 6) is -0.240. The third-order valence-corrected chi connectivity index (χ3v) is 4.61. The van der Waals surface area contributed by atoms with Crippen LogP contribution in [0.5, 0.6) is 0 Å². The van der Waals surface area contributed by atoms with Gasteiger partial charge in [-0.1, -0.05) is 24.3 Å². The number of carbonyl (C=O) groups excluding carboxylic acids is 2. The second-order valence-corrected chi connectivity index (χ2v) is 5.65. The molecule has 3 rings (SSSR count). The normalized spacial score (nSPS) is 29.9. The first kappa shape index (κ1) is 13.1. The number of imide groups is 1. The highest BCUT2D eigenvalue weighted by Gasteiger charge is 2.50. The van der Waals surface area contributed by atoms with Gasteiger partial charge in [0.2, 0.25) is 5.91 Å². The van der Waals surface area contributed by atoms with Crippen molar-refractivity contribution in [2.24, 2.45) is 0 Å². The molecule has 1 N–H and O–H groups in total. The highest BCUT2D eigenvalue weighted by molar-refractivity contribution is 5.97. The Kier molecular flexibility index (Phi) is 2.83. The minimum Gasteiger partial charge on any atom is -0.383 e. The molecule has 1 aliphatic heterocycles. The Morgan fingerprint density at radius 3 is 2.70 bits per heavy atom. The summed E-state index contributed by atoms with van der Waals surface area (Å²) in [7, 11) is 3.12. The monoisotopic (exact) mass is 274 g/mol. The van der Waals surface area contributed by atoms with Gasteiger partial charge in [-0.25, -0.2) is 4.79 Å². The van der Waals surface area contributed by atoms with Gasteiger partial charge in [-0.05, 0) is 24.0 Å². The fraction of sp³-hybridized carbons (Fsp3) is 0.467. The van der Waals surface area contributed by atoms with Crippen molar-refractivity contribution in [2.45, 2.75) is 30.9 Å². The maximum absolute atomic E-state index is 12.1. The Balaban J connectivity index is 2.01. The van der Waals surface area contributed by atoms with Crippen LogP contribution in [0.15, 0.2) is 24.3 Å². The average Bonchev–Trinajstić information content (AvgIpc) is 2.80. The van der Waals surface area contributed by atoms with Crippen LogP contribution < -0.4 is 0 Å². The first-order valence-electron chi connectivity index (χ1n) is 6.79. The molecule has 3 amide bonds. The molecule has 0 aromatic heterocycles. The molecule has 2 aliphatic rings. The lowest BCUT2D eigenvalue weighted by atomic mass is 9.84. The van der Waals surface area contributed by atoms with Crippen LogP contribution in [-0.2, 0) is 16.8 Å². The molecule has 1 aromatic rings. The van der Waals surface area contributed by atoms with Crippen molar-refractivity contribution in [3.63, 3.8) is 0 Å². The van der Waals surface area contributed by atoms with E-state index in [1.807, 2.05) is 24.3 Å². The molecule has 1 aliphatic carbocycles. The smallest absolute Gasteiger partial charge is 0.326 e. The van der Waals surface area contributed by atoms with E-state index in [9.17, 15) is 14.7 Å². The summed E-state index contributed by atoms with van der Waals surface area (Å²) in [5.41, 5.74) is 0.821. The predicted molar refractivity (Wildman–Crippen MR) is 73.0 cm³/mol. The third-order valence-electron chi connectivity index (χ3n) is 4.61. The fourth-order valence-electron chi connectivity index (χ4n) is 3.37. The van der Waals surface area contributed by atoms with Crippen LogP contribution in [0, 0.1) is 0 Å². The largest absolute Gasteiger partial charge is 0.383 e. The summed E-state index contributed by atoms with van der Waals surface area (Å²) in [4.78, 5) is 26.6. The quantitative estimate of drug-likeness (QED) is 0.834. The van der Waals surface area contributed by atoms with Crippen molar-refractivity contribution in [1.29, 1.82) is 0 Å². The van der Waals surface area contributed by atoms with Crippen molar-refractivity contribution in [3.8, 4) is 0 Å². The van der Waals surface area contributed by atoms with E-state index in [-0.39, 0.29) is 18.4 Å². The minimum absolute atomic E-state index is 0.156. The van der Waals surface area contributed by atoms with Gasteiger partial charge in [-0.3, -0.25) is 9.69 Å². The second-order valence-electron chi connectivity index (χ2n) is 5.65. The molecule has 0 bridgehead atoms. The Hall–Kier alpha value is -1.88. The molecule has 0 saturated carbocycles. The van der Waals surface area contributed by atoms with E-state index in [2.05, 4.69) is 0 Å². The van der Waals surface area contributed by atoms with Crippen molar-refractivity contribution in [1.82, 2.24) is 9.80 Å². The maximum Gasteiger partial charge on any atom is 0.326 e. The molecule has 2 atom stereocenters. The molecule has 20 heavy (non-hydrogen) atoms. The van der Waals surface area contributed by atoms with Gasteiger partial charge in [0.1, 0.15) is 5.60 Å². The Morgan fingerprint density at radius 1 is 1.25 bits per heavy atom. The zero-order chi connectivity index (χ0) is 14.5. The molecule has 106 valence electrons. The molecule has 5 nitrogen and oxygen atoms in total. The topological polar surface area (TPSA) is 60.9 Å². The highest BCUT2D eigenvalue weighted by atomic mass is 16.3. The summed E-state index contributed by atoms with van der Waals surface area (Å²) >= 11 is 0.